The molecule has 0 atom stereocenters. The van der Waals surface area contributed by atoms with Crippen molar-refractivity contribution in [3.8, 4) is 10.4 Å². The second kappa shape index (κ2) is 5.82. The molecule has 0 aliphatic carbocycles. The Hall–Kier alpha value is -1.94. The highest BCUT2D eigenvalue weighted by Gasteiger charge is 2.06. The van der Waals surface area contributed by atoms with Crippen LogP contribution in [0, 0.1) is 12.8 Å². The first-order valence-electron chi connectivity index (χ1n) is 7.19. The van der Waals surface area contributed by atoms with Crippen LogP contribution in [0.4, 0.5) is 5.13 Å². The van der Waals surface area contributed by atoms with Gasteiger partial charge in [-0.25, -0.2) is 4.98 Å². The van der Waals surface area contributed by atoms with Gasteiger partial charge >= 0.3 is 0 Å². The average molecular weight is 297 g/mol. The van der Waals surface area contributed by atoms with Crippen LogP contribution in [-0.4, -0.2) is 16.5 Å². The normalized spacial score (nSPS) is 11.2. The van der Waals surface area contributed by atoms with Gasteiger partial charge < -0.3 is 5.32 Å². The lowest BCUT2D eigenvalue weighted by Crippen LogP contribution is -2.07. The molecule has 4 heteroatoms. The molecule has 0 saturated carbocycles. The molecule has 0 unspecified atom stereocenters. The van der Waals surface area contributed by atoms with Crippen LogP contribution in [0.25, 0.3) is 21.3 Å². The van der Waals surface area contributed by atoms with Gasteiger partial charge in [-0.2, -0.15) is 0 Å². The summed E-state index contributed by atoms with van der Waals surface area (Å²) in [7, 11) is 0. The Bertz CT molecular complexity index is 762. The molecular weight excluding hydrogens is 278 g/mol. The fourth-order valence-electron chi connectivity index (χ4n) is 2.16. The minimum atomic E-state index is 0.618. The zero-order valence-electron chi connectivity index (χ0n) is 12.6. The number of pyridine rings is 1. The third-order valence-electron chi connectivity index (χ3n) is 3.28. The van der Waals surface area contributed by atoms with Gasteiger partial charge in [-0.05, 0) is 36.6 Å². The predicted octanol–water partition coefficient (Wildman–Crippen LogP) is 4.73. The molecule has 1 aromatic carbocycles. The molecule has 3 rings (SSSR count). The van der Waals surface area contributed by atoms with E-state index in [2.05, 4.69) is 59.5 Å². The van der Waals surface area contributed by atoms with E-state index in [1.807, 2.05) is 13.1 Å². The van der Waals surface area contributed by atoms with Gasteiger partial charge in [0.2, 0.25) is 0 Å². The van der Waals surface area contributed by atoms with E-state index in [0.29, 0.717) is 5.92 Å². The van der Waals surface area contributed by atoms with Gasteiger partial charge in [-0.15, -0.1) is 0 Å². The summed E-state index contributed by atoms with van der Waals surface area (Å²) in [6.07, 6.45) is 1.94. The second-order valence-corrected chi connectivity index (χ2v) is 6.70. The van der Waals surface area contributed by atoms with Crippen molar-refractivity contribution < 1.29 is 0 Å². The third-order valence-corrected chi connectivity index (χ3v) is 4.28. The van der Waals surface area contributed by atoms with Crippen LogP contribution in [0.15, 0.2) is 36.5 Å². The maximum absolute atomic E-state index is 4.54. The molecule has 0 saturated heterocycles. The highest BCUT2D eigenvalue weighted by molar-refractivity contribution is 7.18. The SMILES string of the molecule is Cc1ccc2cc(-c3cnc(NCC(C)C)s3)ccc2n1. The summed E-state index contributed by atoms with van der Waals surface area (Å²) < 4.78 is 0. The first-order valence-corrected chi connectivity index (χ1v) is 8.01. The summed E-state index contributed by atoms with van der Waals surface area (Å²) in [4.78, 5) is 10.2. The smallest absolute Gasteiger partial charge is 0.183 e. The van der Waals surface area contributed by atoms with Crippen molar-refractivity contribution in [2.24, 2.45) is 5.92 Å². The number of nitrogens with one attached hydrogen (secondary N) is 1. The van der Waals surface area contributed by atoms with Crippen molar-refractivity contribution in [3.05, 3.63) is 42.2 Å². The molecule has 0 fully saturated rings. The van der Waals surface area contributed by atoms with E-state index in [-0.39, 0.29) is 0 Å². The molecule has 0 aliphatic heterocycles. The van der Waals surface area contributed by atoms with Crippen molar-refractivity contribution in [3.63, 3.8) is 0 Å². The van der Waals surface area contributed by atoms with Gasteiger partial charge in [-0.3, -0.25) is 4.98 Å². The molecule has 3 nitrogen and oxygen atoms in total. The summed E-state index contributed by atoms with van der Waals surface area (Å²) in [5.41, 5.74) is 3.29. The Labute approximate surface area is 129 Å². The number of nitrogens with zero attached hydrogens (tertiary/aromatic N) is 2. The van der Waals surface area contributed by atoms with Crippen molar-refractivity contribution in [2.45, 2.75) is 20.8 Å². The summed E-state index contributed by atoms with van der Waals surface area (Å²) in [5.74, 6) is 0.618. The molecule has 0 radical (unpaired) electrons. The van der Waals surface area contributed by atoms with Crippen LogP contribution in [0.3, 0.4) is 0 Å². The van der Waals surface area contributed by atoms with Gasteiger partial charge in [0.15, 0.2) is 5.13 Å². The van der Waals surface area contributed by atoms with Crippen LogP contribution in [0.5, 0.6) is 0 Å². The largest absolute Gasteiger partial charge is 0.361 e. The number of fused-ring (bicyclic) bond motifs is 1. The minimum Gasteiger partial charge on any atom is -0.361 e. The average Bonchev–Trinajstić information content (AvgIpc) is 2.93. The van der Waals surface area contributed by atoms with Crippen LogP contribution >= 0.6 is 11.3 Å². The number of anilines is 1. The third kappa shape index (κ3) is 3.22. The Morgan fingerprint density at radius 3 is 2.86 bits per heavy atom. The van der Waals surface area contributed by atoms with Gasteiger partial charge in [0.1, 0.15) is 0 Å². The molecule has 2 heterocycles. The lowest BCUT2D eigenvalue weighted by Gasteiger charge is -2.04. The number of hydrogen-bond donors (Lipinski definition) is 1. The van der Waals surface area contributed by atoms with Crippen molar-refractivity contribution in [1.82, 2.24) is 9.97 Å². The summed E-state index contributed by atoms with van der Waals surface area (Å²) in [6, 6.07) is 10.6. The molecular formula is C17H19N3S. The van der Waals surface area contributed by atoms with Gasteiger partial charge in [0.05, 0.1) is 10.4 Å². The van der Waals surface area contributed by atoms with Gasteiger partial charge in [-0.1, -0.05) is 37.3 Å². The summed E-state index contributed by atoms with van der Waals surface area (Å²) in [5, 5.41) is 5.53. The predicted molar refractivity (Wildman–Crippen MR) is 90.9 cm³/mol. The van der Waals surface area contributed by atoms with Crippen molar-refractivity contribution in [1.29, 1.82) is 0 Å². The number of aryl methyl sites for hydroxylation is 1. The molecule has 0 spiro atoms. The number of rotatable bonds is 4. The quantitative estimate of drug-likeness (QED) is 0.756. The zero-order valence-corrected chi connectivity index (χ0v) is 13.4. The zero-order chi connectivity index (χ0) is 14.8. The highest BCUT2D eigenvalue weighted by Crippen LogP contribution is 2.30. The van der Waals surface area contributed by atoms with E-state index in [1.165, 1.54) is 15.8 Å². The highest BCUT2D eigenvalue weighted by atomic mass is 32.1. The fraction of sp³-hybridized carbons (Fsp3) is 0.294. The summed E-state index contributed by atoms with van der Waals surface area (Å²) in [6.45, 7) is 7.36. The number of aromatic nitrogens is 2. The van der Waals surface area contributed by atoms with Crippen LogP contribution in [-0.2, 0) is 0 Å². The fourth-order valence-corrected chi connectivity index (χ4v) is 2.98. The molecule has 0 bridgehead atoms. The molecule has 21 heavy (non-hydrogen) atoms. The number of thiazole rings is 1. The lowest BCUT2D eigenvalue weighted by molar-refractivity contribution is 0.688. The Morgan fingerprint density at radius 1 is 1.19 bits per heavy atom. The standard InChI is InChI=1S/C17H19N3S/c1-11(2)9-18-17-19-10-16(21-17)14-6-7-15-13(8-14)5-4-12(3)20-15/h4-8,10-11H,9H2,1-3H3,(H,18,19). The molecule has 3 aromatic rings. The van der Waals surface area contributed by atoms with E-state index in [1.54, 1.807) is 11.3 Å². The topological polar surface area (TPSA) is 37.8 Å². The van der Waals surface area contributed by atoms with Crippen LogP contribution < -0.4 is 5.32 Å². The molecule has 108 valence electrons. The maximum atomic E-state index is 4.54. The van der Waals surface area contributed by atoms with Gasteiger partial charge in [0.25, 0.3) is 0 Å². The summed E-state index contributed by atoms with van der Waals surface area (Å²) >= 11 is 1.70. The second-order valence-electron chi connectivity index (χ2n) is 5.66. The molecule has 0 amide bonds. The van der Waals surface area contributed by atoms with Crippen LogP contribution in [0.1, 0.15) is 19.5 Å². The van der Waals surface area contributed by atoms with Gasteiger partial charge in [0, 0.05) is 23.8 Å². The molecule has 1 N–H and O–H groups in total. The maximum Gasteiger partial charge on any atom is 0.183 e. The van der Waals surface area contributed by atoms with E-state index in [9.17, 15) is 0 Å². The molecule has 0 aliphatic rings. The van der Waals surface area contributed by atoms with E-state index >= 15 is 0 Å². The number of hydrogen-bond acceptors (Lipinski definition) is 4. The number of benzene rings is 1. The van der Waals surface area contributed by atoms with E-state index < -0.39 is 0 Å². The van der Waals surface area contributed by atoms with E-state index in [0.717, 1.165) is 22.9 Å². The van der Waals surface area contributed by atoms with Crippen molar-refractivity contribution in [2.75, 3.05) is 11.9 Å². The monoisotopic (exact) mass is 297 g/mol. The minimum absolute atomic E-state index is 0.618. The molecule has 2 aromatic heterocycles. The first-order chi connectivity index (χ1) is 10.1. The Morgan fingerprint density at radius 2 is 2.05 bits per heavy atom. The first kappa shape index (κ1) is 14.0. The van der Waals surface area contributed by atoms with E-state index in [4.69, 9.17) is 0 Å². The lowest BCUT2D eigenvalue weighted by atomic mass is 10.1. The Balaban J connectivity index is 1.88. The Kier molecular flexibility index (Phi) is 3.88. The van der Waals surface area contributed by atoms with Crippen LogP contribution in [0.2, 0.25) is 0 Å². The van der Waals surface area contributed by atoms with Crippen molar-refractivity contribution >= 4 is 27.4 Å².